The Bertz CT molecular complexity index is 273. The molecule has 0 nitrogen and oxygen atoms in total. The molecule has 0 spiro atoms. The highest BCUT2D eigenvalue weighted by Crippen LogP contribution is 2.35. The van der Waals surface area contributed by atoms with E-state index in [4.69, 9.17) is 0 Å². The fraction of sp³-hybridized carbons (Fsp3) is 0.500. The molecule has 0 heterocycles. The monoisotopic (exact) mass is 212 g/mol. The van der Waals surface area contributed by atoms with Crippen LogP contribution in [0, 0.1) is 5.82 Å². The van der Waals surface area contributed by atoms with Crippen molar-refractivity contribution in [3.05, 3.63) is 30.1 Å². The van der Waals surface area contributed by atoms with Gasteiger partial charge >= 0.3 is 0 Å². The molecule has 0 saturated heterocycles. The summed E-state index contributed by atoms with van der Waals surface area (Å²) in [5.74, 6) is -0.0171. The number of hydrogen-bond donors (Lipinski definition) is 0. The Morgan fingerprint density at radius 1 is 1.21 bits per heavy atom. The fourth-order valence-corrected chi connectivity index (χ4v) is 3.78. The van der Waals surface area contributed by atoms with Crippen molar-refractivity contribution in [2.24, 2.45) is 0 Å². The summed E-state index contributed by atoms with van der Waals surface area (Å²) in [7, 11) is -0.255. The summed E-state index contributed by atoms with van der Waals surface area (Å²) in [6.45, 7) is 4.35. The first kappa shape index (κ1) is 11.7. The molecule has 0 N–H and O–H groups in total. The van der Waals surface area contributed by atoms with Crippen LogP contribution in [0.5, 0.6) is 0 Å². The highest BCUT2D eigenvalue weighted by Gasteiger charge is 2.11. The lowest BCUT2D eigenvalue weighted by Gasteiger charge is -2.16. The largest absolute Gasteiger partial charge is 0.206 e. The summed E-state index contributed by atoms with van der Waals surface area (Å²) in [5.41, 5.74) is 0. The molecule has 1 rings (SSSR count). The lowest BCUT2D eigenvalue weighted by Crippen LogP contribution is -2.09. The van der Waals surface area contributed by atoms with Gasteiger partial charge in [-0.3, -0.25) is 0 Å². The van der Waals surface area contributed by atoms with Gasteiger partial charge in [0.2, 0.25) is 0 Å². The molecule has 78 valence electrons. The molecule has 0 aromatic heterocycles. The van der Waals surface area contributed by atoms with Gasteiger partial charge in [-0.2, -0.15) is 0 Å². The fourth-order valence-electron chi connectivity index (χ4n) is 1.51. The van der Waals surface area contributed by atoms with E-state index in [9.17, 15) is 4.39 Å². The standard InChI is InChI=1S/C12H18FP/c1-3-5-10-14(4-2)12-9-7-6-8-11(12)13/h6-9H,3-5,10H2,1-2H3. The first-order valence-electron chi connectivity index (χ1n) is 5.29. The van der Waals surface area contributed by atoms with Crippen LogP contribution < -0.4 is 5.30 Å². The molecule has 0 amide bonds. The lowest BCUT2D eigenvalue weighted by molar-refractivity contribution is 0.636. The highest BCUT2D eigenvalue weighted by molar-refractivity contribution is 7.65. The summed E-state index contributed by atoms with van der Waals surface area (Å²) in [6.07, 6.45) is 4.68. The maximum absolute atomic E-state index is 13.5. The van der Waals surface area contributed by atoms with E-state index >= 15 is 0 Å². The molecule has 0 aliphatic heterocycles. The Balaban J connectivity index is 2.73. The van der Waals surface area contributed by atoms with Crippen molar-refractivity contribution in [3.8, 4) is 0 Å². The van der Waals surface area contributed by atoms with Crippen molar-refractivity contribution in [1.82, 2.24) is 0 Å². The Hall–Kier alpha value is -0.420. The summed E-state index contributed by atoms with van der Waals surface area (Å²) in [6, 6.07) is 7.23. The average molecular weight is 212 g/mol. The Kier molecular flexibility index (Phi) is 5.11. The van der Waals surface area contributed by atoms with Crippen LogP contribution in [0.4, 0.5) is 4.39 Å². The Morgan fingerprint density at radius 2 is 1.93 bits per heavy atom. The summed E-state index contributed by atoms with van der Waals surface area (Å²) in [5, 5.41) is 0.957. The van der Waals surface area contributed by atoms with E-state index < -0.39 is 0 Å². The highest BCUT2D eigenvalue weighted by atomic mass is 31.1. The van der Waals surface area contributed by atoms with Crippen molar-refractivity contribution in [2.45, 2.75) is 26.7 Å². The normalized spacial score (nSPS) is 12.8. The summed E-state index contributed by atoms with van der Waals surface area (Å²) < 4.78 is 13.5. The minimum Gasteiger partial charge on any atom is -0.206 e. The number of rotatable bonds is 5. The van der Waals surface area contributed by atoms with E-state index in [0.29, 0.717) is 0 Å². The number of unbranched alkanes of at least 4 members (excludes halogenated alkanes) is 1. The number of halogens is 1. The topological polar surface area (TPSA) is 0 Å². The van der Waals surface area contributed by atoms with Crippen LogP contribution in [0.3, 0.4) is 0 Å². The van der Waals surface area contributed by atoms with Crippen molar-refractivity contribution >= 4 is 13.2 Å². The van der Waals surface area contributed by atoms with Crippen molar-refractivity contribution < 1.29 is 4.39 Å². The van der Waals surface area contributed by atoms with Gasteiger partial charge in [0.15, 0.2) is 0 Å². The van der Waals surface area contributed by atoms with Gasteiger partial charge in [0.1, 0.15) is 5.82 Å². The van der Waals surface area contributed by atoms with Gasteiger partial charge in [-0.05, 0) is 24.8 Å². The van der Waals surface area contributed by atoms with Crippen LogP contribution in [-0.4, -0.2) is 12.3 Å². The molecule has 0 bridgehead atoms. The maximum Gasteiger partial charge on any atom is 0.130 e. The van der Waals surface area contributed by atoms with Crippen LogP contribution in [0.2, 0.25) is 0 Å². The minimum atomic E-state index is -0.255. The molecule has 14 heavy (non-hydrogen) atoms. The molecule has 0 aliphatic carbocycles. The zero-order chi connectivity index (χ0) is 10.4. The maximum atomic E-state index is 13.5. The molecule has 1 unspecified atom stereocenters. The molecule has 1 atom stereocenters. The van der Waals surface area contributed by atoms with Crippen LogP contribution in [0.25, 0.3) is 0 Å². The summed E-state index contributed by atoms with van der Waals surface area (Å²) in [4.78, 5) is 0. The molecule has 2 heteroatoms. The third-order valence-corrected chi connectivity index (χ3v) is 5.02. The van der Waals surface area contributed by atoms with Crippen molar-refractivity contribution in [1.29, 1.82) is 0 Å². The first-order chi connectivity index (χ1) is 6.79. The zero-order valence-electron chi connectivity index (χ0n) is 8.96. The van der Waals surface area contributed by atoms with Gasteiger partial charge in [0.05, 0.1) is 0 Å². The van der Waals surface area contributed by atoms with E-state index in [1.165, 1.54) is 19.0 Å². The van der Waals surface area contributed by atoms with Gasteiger partial charge in [0.25, 0.3) is 0 Å². The van der Waals surface area contributed by atoms with Crippen LogP contribution in [-0.2, 0) is 0 Å². The summed E-state index contributed by atoms with van der Waals surface area (Å²) >= 11 is 0. The molecular weight excluding hydrogens is 194 g/mol. The molecular formula is C12H18FP. The van der Waals surface area contributed by atoms with Crippen molar-refractivity contribution in [3.63, 3.8) is 0 Å². The molecule has 1 aromatic carbocycles. The van der Waals surface area contributed by atoms with Gasteiger partial charge in [-0.25, -0.2) is 4.39 Å². The van der Waals surface area contributed by atoms with Gasteiger partial charge in [0, 0.05) is 5.30 Å². The predicted molar refractivity (Wildman–Crippen MR) is 63.3 cm³/mol. The number of hydrogen-bond acceptors (Lipinski definition) is 0. The average Bonchev–Trinajstić information content (AvgIpc) is 2.21. The van der Waals surface area contributed by atoms with Gasteiger partial charge in [-0.15, -0.1) is 0 Å². The van der Waals surface area contributed by atoms with E-state index in [1.54, 1.807) is 12.1 Å². The van der Waals surface area contributed by atoms with Crippen molar-refractivity contribution in [2.75, 3.05) is 12.3 Å². The third kappa shape index (κ3) is 3.06. The van der Waals surface area contributed by atoms with Gasteiger partial charge in [-0.1, -0.05) is 46.4 Å². The van der Waals surface area contributed by atoms with E-state index in [0.717, 1.165) is 11.5 Å². The predicted octanol–water partition coefficient (Wildman–Crippen LogP) is 3.75. The van der Waals surface area contributed by atoms with E-state index in [1.807, 2.05) is 12.1 Å². The smallest absolute Gasteiger partial charge is 0.130 e. The number of benzene rings is 1. The second-order valence-electron chi connectivity index (χ2n) is 3.38. The second-order valence-corrected chi connectivity index (χ2v) is 6.03. The Morgan fingerprint density at radius 3 is 2.50 bits per heavy atom. The lowest BCUT2D eigenvalue weighted by atomic mass is 10.3. The van der Waals surface area contributed by atoms with Crippen LogP contribution in [0.1, 0.15) is 26.7 Å². The molecule has 0 aliphatic rings. The first-order valence-corrected chi connectivity index (χ1v) is 7.00. The van der Waals surface area contributed by atoms with E-state index in [2.05, 4.69) is 13.8 Å². The quantitative estimate of drug-likeness (QED) is 0.652. The third-order valence-electron chi connectivity index (χ3n) is 2.36. The van der Waals surface area contributed by atoms with Crippen LogP contribution in [0.15, 0.2) is 24.3 Å². The second kappa shape index (κ2) is 6.14. The molecule has 1 aromatic rings. The minimum absolute atomic E-state index is 0.0171. The van der Waals surface area contributed by atoms with Gasteiger partial charge < -0.3 is 0 Å². The van der Waals surface area contributed by atoms with Crippen LogP contribution >= 0.6 is 7.92 Å². The SMILES string of the molecule is CCCCP(CC)c1ccccc1F. The Labute approximate surface area is 87.3 Å². The molecule has 0 radical (unpaired) electrons. The van der Waals surface area contributed by atoms with E-state index in [-0.39, 0.29) is 13.7 Å². The molecule has 0 fully saturated rings. The molecule has 0 saturated carbocycles. The zero-order valence-corrected chi connectivity index (χ0v) is 9.86.